The van der Waals surface area contributed by atoms with Crippen molar-refractivity contribution in [3.63, 3.8) is 0 Å². The van der Waals surface area contributed by atoms with Crippen molar-refractivity contribution in [1.82, 2.24) is 4.98 Å². The lowest BCUT2D eigenvalue weighted by molar-refractivity contribution is -0.118. The molecule has 0 saturated heterocycles. The van der Waals surface area contributed by atoms with E-state index in [2.05, 4.69) is 4.98 Å². The molecule has 3 aromatic rings. The Morgan fingerprint density at radius 1 is 0.920 bits per heavy atom. The Morgan fingerprint density at radius 3 is 2.20 bits per heavy atom. The minimum atomic E-state index is 0.0774. The average molecular weight is 332 g/mol. The smallest absolute Gasteiger partial charge is 0.227 e. The van der Waals surface area contributed by atoms with Crippen LogP contribution in [0.2, 0.25) is 0 Å². The van der Waals surface area contributed by atoms with Crippen LogP contribution in [0, 0.1) is 0 Å². The molecule has 1 heterocycles. The minimum absolute atomic E-state index is 0.0774. The molecule has 0 unspecified atom stereocenters. The van der Waals surface area contributed by atoms with Crippen LogP contribution in [0.4, 0.5) is 5.69 Å². The third kappa shape index (κ3) is 4.44. The Kier molecular flexibility index (Phi) is 5.42. The van der Waals surface area contributed by atoms with E-state index in [1.165, 1.54) is 0 Å². The zero-order chi connectivity index (χ0) is 17.5. The van der Waals surface area contributed by atoms with Gasteiger partial charge in [0.05, 0.1) is 6.54 Å². The average Bonchev–Trinajstić information content (AvgIpc) is 2.68. The van der Waals surface area contributed by atoms with Crippen LogP contribution in [0.1, 0.15) is 18.9 Å². The van der Waals surface area contributed by atoms with Crippen LogP contribution in [-0.2, 0) is 11.3 Å². The SMILES string of the molecule is CCC(=O)N(Cc1ccncc1)c1ccc(Oc2ccccc2)cc1. The summed E-state index contributed by atoms with van der Waals surface area (Å²) in [6, 6.07) is 21.0. The topological polar surface area (TPSA) is 42.4 Å². The summed E-state index contributed by atoms with van der Waals surface area (Å²) in [6.07, 6.45) is 3.93. The molecule has 126 valence electrons. The number of hydrogen-bond donors (Lipinski definition) is 0. The molecule has 4 nitrogen and oxygen atoms in total. The normalized spacial score (nSPS) is 10.3. The largest absolute Gasteiger partial charge is 0.457 e. The Hall–Kier alpha value is -3.14. The van der Waals surface area contributed by atoms with Gasteiger partial charge in [-0.15, -0.1) is 0 Å². The number of rotatable bonds is 6. The zero-order valence-electron chi connectivity index (χ0n) is 14.1. The van der Waals surface area contributed by atoms with E-state index in [1.54, 1.807) is 17.3 Å². The number of amides is 1. The standard InChI is InChI=1S/C21H20N2O2/c1-2-21(24)23(16-17-12-14-22-15-13-17)18-8-10-20(11-9-18)25-19-6-4-3-5-7-19/h3-15H,2,16H2,1H3. The highest BCUT2D eigenvalue weighted by Gasteiger charge is 2.14. The van der Waals surface area contributed by atoms with E-state index < -0.39 is 0 Å². The maximum absolute atomic E-state index is 12.4. The molecule has 0 fully saturated rings. The van der Waals surface area contributed by atoms with Crippen LogP contribution >= 0.6 is 0 Å². The fourth-order valence-electron chi connectivity index (χ4n) is 2.50. The van der Waals surface area contributed by atoms with Crippen LogP contribution in [0.3, 0.4) is 0 Å². The van der Waals surface area contributed by atoms with Crippen LogP contribution in [0.25, 0.3) is 0 Å². The fourth-order valence-corrected chi connectivity index (χ4v) is 2.50. The van der Waals surface area contributed by atoms with Gasteiger partial charge in [-0.1, -0.05) is 25.1 Å². The predicted molar refractivity (Wildman–Crippen MR) is 98.7 cm³/mol. The van der Waals surface area contributed by atoms with Gasteiger partial charge in [0.15, 0.2) is 0 Å². The minimum Gasteiger partial charge on any atom is -0.457 e. The molecule has 0 aliphatic carbocycles. The van der Waals surface area contributed by atoms with Crippen molar-refractivity contribution in [2.45, 2.75) is 19.9 Å². The quantitative estimate of drug-likeness (QED) is 0.650. The summed E-state index contributed by atoms with van der Waals surface area (Å²) >= 11 is 0. The number of carbonyl (C=O) groups is 1. The van der Waals surface area contributed by atoms with Gasteiger partial charge >= 0.3 is 0 Å². The number of aromatic nitrogens is 1. The third-order valence-electron chi connectivity index (χ3n) is 3.82. The molecule has 0 N–H and O–H groups in total. The lowest BCUT2D eigenvalue weighted by Crippen LogP contribution is -2.29. The van der Waals surface area contributed by atoms with Crippen LogP contribution in [0.15, 0.2) is 79.1 Å². The van der Waals surface area contributed by atoms with Gasteiger partial charge in [0.25, 0.3) is 0 Å². The third-order valence-corrected chi connectivity index (χ3v) is 3.82. The van der Waals surface area contributed by atoms with E-state index in [4.69, 9.17) is 4.74 Å². The zero-order valence-corrected chi connectivity index (χ0v) is 14.1. The summed E-state index contributed by atoms with van der Waals surface area (Å²) < 4.78 is 5.81. The molecule has 0 radical (unpaired) electrons. The number of nitrogens with zero attached hydrogens (tertiary/aromatic N) is 2. The summed E-state index contributed by atoms with van der Waals surface area (Å²) in [5, 5.41) is 0. The van der Waals surface area contributed by atoms with E-state index in [-0.39, 0.29) is 5.91 Å². The van der Waals surface area contributed by atoms with Gasteiger partial charge in [0, 0.05) is 24.5 Å². The van der Waals surface area contributed by atoms with Gasteiger partial charge in [-0.2, -0.15) is 0 Å². The molecule has 1 amide bonds. The Labute approximate surface area is 147 Å². The molecule has 0 atom stereocenters. The number of hydrogen-bond acceptors (Lipinski definition) is 3. The molecule has 0 bridgehead atoms. The first-order valence-electron chi connectivity index (χ1n) is 8.28. The van der Waals surface area contributed by atoms with Crippen molar-refractivity contribution in [2.24, 2.45) is 0 Å². The number of pyridine rings is 1. The Balaban J connectivity index is 1.78. The summed E-state index contributed by atoms with van der Waals surface area (Å²) in [6.45, 7) is 2.39. The maximum atomic E-state index is 12.4. The first-order valence-corrected chi connectivity index (χ1v) is 8.28. The number of para-hydroxylation sites is 1. The number of carbonyl (C=O) groups excluding carboxylic acids is 1. The molecule has 25 heavy (non-hydrogen) atoms. The summed E-state index contributed by atoms with van der Waals surface area (Å²) in [5.74, 6) is 1.60. The van der Waals surface area contributed by atoms with Gasteiger partial charge in [-0.3, -0.25) is 9.78 Å². The van der Waals surface area contributed by atoms with Gasteiger partial charge in [0.1, 0.15) is 11.5 Å². The highest BCUT2D eigenvalue weighted by molar-refractivity contribution is 5.93. The number of ether oxygens (including phenoxy) is 1. The highest BCUT2D eigenvalue weighted by atomic mass is 16.5. The van der Waals surface area contributed by atoms with Crippen molar-refractivity contribution in [1.29, 1.82) is 0 Å². The van der Waals surface area contributed by atoms with E-state index in [0.29, 0.717) is 13.0 Å². The van der Waals surface area contributed by atoms with Crippen molar-refractivity contribution >= 4 is 11.6 Å². The predicted octanol–water partition coefficient (Wildman–Crippen LogP) is 4.82. The van der Waals surface area contributed by atoms with Crippen molar-refractivity contribution in [3.05, 3.63) is 84.7 Å². The number of anilines is 1. The van der Waals surface area contributed by atoms with Gasteiger partial charge < -0.3 is 9.64 Å². The first kappa shape index (κ1) is 16.7. The Bertz CT molecular complexity index is 802. The molecule has 0 saturated carbocycles. The molecule has 0 aliphatic heterocycles. The molecule has 1 aromatic heterocycles. The molecule has 3 rings (SSSR count). The molecular weight excluding hydrogens is 312 g/mol. The summed E-state index contributed by atoms with van der Waals surface area (Å²) in [5.41, 5.74) is 1.89. The molecular formula is C21H20N2O2. The monoisotopic (exact) mass is 332 g/mol. The molecule has 2 aromatic carbocycles. The van der Waals surface area contributed by atoms with E-state index in [0.717, 1.165) is 22.7 Å². The Morgan fingerprint density at radius 2 is 1.56 bits per heavy atom. The summed E-state index contributed by atoms with van der Waals surface area (Å²) in [4.78, 5) is 18.2. The second-order valence-corrected chi connectivity index (χ2v) is 5.60. The van der Waals surface area contributed by atoms with E-state index in [9.17, 15) is 4.79 Å². The first-order chi connectivity index (χ1) is 12.3. The van der Waals surface area contributed by atoms with Crippen LogP contribution < -0.4 is 9.64 Å². The van der Waals surface area contributed by atoms with Gasteiger partial charge in [-0.05, 0) is 54.1 Å². The van der Waals surface area contributed by atoms with E-state index in [1.807, 2.05) is 73.7 Å². The highest BCUT2D eigenvalue weighted by Crippen LogP contribution is 2.25. The van der Waals surface area contributed by atoms with Crippen LogP contribution in [-0.4, -0.2) is 10.9 Å². The number of benzene rings is 2. The van der Waals surface area contributed by atoms with E-state index >= 15 is 0 Å². The van der Waals surface area contributed by atoms with Gasteiger partial charge in [-0.25, -0.2) is 0 Å². The summed E-state index contributed by atoms with van der Waals surface area (Å²) in [7, 11) is 0. The van der Waals surface area contributed by atoms with Gasteiger partial charge in [0.2, 0.25) is 5.91 Å². The lowest BCUT2D eigenvalue weighted by Gasteiger charge is -2.22. The van der Waals surface area contributed by atoms with Crippen LogP contribution in [0.5, 0.6) is 11.5 Å². The lowest BCUT2D eigenvalue weighted by atomic mass is 10.2. The molecule has 4 heteroatoms. The maximum Gasteiger partial charge on any atom is 0.227 e. The molecule has 0 spiro atoms. The second kappa shape index (κ2) is 8.11. The second-order valence-electron chi connectivity index (χ2n) is 5.60. The van der Waals surface area contributed by atoms with Crippen molar-refractivity contribution in [2.75, 3.05) is 4.90 Å². The van der Waals surface area contributed by atoms with Crippen molar-refractivity contribution < 1.29 is 9.53 Å². The fraction of sp³-hybridized carbons (Fsp3) is 0.143. The van der Waals surface area contributed by atoms with Crippen molar-refractivity contribution in [3.8, 4) is 11.5 Å². The molecule has 0 aliphatic rings.